The molecule has 3 N–H and O–H groups in total. The molecule has 0 spiro atoms. The van der Waals surface area contributed by atoms with E-state index < -0.39 is 0 Å². The second kappa shape index (κ2) is 9.46. The molecule has 0 heterocycles. The predicted octanol–water partition coefficient (Wildman–Crippen LogP) is 3.74. The van der Waals surface area contributed by atoms with Crippen molar-refractivity contribution in [3.05, 3.63) is 23.8 Å². The van der Waals surface area contributed by atoms with Crippen LogP contribution in [0, 0.1) is 5.92 Å². The number of ether oxygens (including phenoxy) is 1. The molecule has 0 aliphatic rings. The highest BCUT2D eigenvalue weighted by atomic mass is 16.5. The van der Waals surface area contributed by atoms with Gasteiger partial charge in [0.25, 0.3) is 0 Å². The van der Waals surface area contributed by atoms with Crippen molar-refractivity contribution in [2.24, 2.45) is 11.7 Å². The van der Waals surface area contributed by atoms with Crippen LogP contribution in [0.4, 0.5) is 5.69 Å². The molecule has 1 atom stereocenters. The maximum absolute atomic E-state index is 11.8. The van der Waals surface area contributed by atoms with Gasteiger partial charge in [-0.2, -0.15) is 0 Å². The van der Waals surface area contributed by atoms with Crippen molar-refractivity contribution in [3.63, 3.8) is 0 Å². The van der Waals surface area contributed by atoms with E-state index in [4.69, 9.17) is 10.5 Å². The summed E-state index contributed by atoms with van der Waals surface area (Å²) in [6.45, 7) is 8.85. The zero-order valence-electron chi connectivity index (χ0n) is 14.3. The monoisotopic (exact) mass is 306 g/mol. The second-order valence-electron chi connectivity index (χ2n) is 6.16. The quantitative estimate of drug-likeness (QED) is 0.730. The minimum Gasteiger partial charge on any atom is -0.492 e. The fraction of sp³-hybridized carbons (Fsp3) is 0.611. The lowest BCUT2D eigenvalue weighted by atomic mass is 9.98. The minimum absolute atomic E-state index is 0.0210. The van der Waals surface area contributed by atoms with Crippen molar-refractivity contribution in [2.75, 3.05) is 11.9 Å². The van der Waals surface area contributed by atoms with Gasteiger partial charge in [0, 0.05) is 12.5 Å². The topological polar surface area (TPSA) is 64.4 Å². The van der Waals surface area contributed by atoms with E-state index in [9.17, 15) is 4.79 Å². The van der Waals surface area contributed by atoms with E-state index in [2.05, 4.69) is 19.2 Å². The van der Waals surface area contributed by atoms with Crippen LogP contribution < -0.4 is 15.8 Å². The van der Waals surface area contributed by atoms with Crippen LogP contribution in [-0.2, 0) is 11.2 Å². The Morgan fingerprint density at radius 1 is 1.32 bits per heavy atom. The smallest absolute Gasteiger partial charge is 0.224 e. The Morgan fingerprint density at radius 2 is 2.05 bits per heavy atom. The Hall–Kier alpha value is -1.55. The molecule has 1 unspecified atom stereocenters. The lowest BCUT2D eigenvalue weighted by Gasteiger charge is -2.16. The molecule has 0 fully saturated rings. The summed E-state index contributed by atoms with van der Waals surface area (Å²) in [4.78, 5) is 11.8. The van der Waals surface area contributed by atoms with Crippen LogP contribution in [0.5, 0.6) is 5.75 Å². The number of nitrogens with two attached hydrogens (primary N) is 1. The highest BCUT2D eigenvalue weighted by Crippen LogP contribution is 2.27. The Bertz CT molecular complexity index is 472. The first-order chi connectivity index (χ1) is 10.5. The number of amides is 1. The third kappa shape index (κ3) is 6.48. The Labute approximate surface area is 134 Å². The fourth-order valence-electron chi connectivity index (χ4n) is 2.50. The number of carbonyl (C=O) groups excluding carboxylic acids is 1. The normalized spacial score (nSPS) is 12.3. The minimum atomic E-state index is 0.0210. The number of rotatable bonds is 9. The van der Waals surface area contributed by atoms with E-state index in [-0.39, 0.29) is 11.9 Å². The molecule has 0 bridgehead atoms. The number of anilines is 1. The summed E-state index contributed by atoms with van der Waals surface area (Å²) in [5.74, 6) is 1.34. The van der Waals surface area contributed by atoms with Gasteiger partial charge in [-0.1, -0.05) is 26.8 Å². The highest BCUT2D eigenvalue weighted by molar-refractivity contribution is 5.92. The van der Waals surface area contributed by atoms with E-state index in [1.54, 1.807) is 0 Å². The lowest BCUT2D eigenvalue weighted by molar-refractivity contribution is -0.116. The van der Waals surface area contributed by atoms with E-state index in [1.807, 2.05) is 32.0 Å². The zero-order valence-corrected chi connectivity index (χ0v) is 14.3. The van der Waals surface area contributed by atoms with E-state index in [0.717, 1.165) is 36.3 Å². The van der Waals surface area contributed by atoms with Crippen molar-refractivity contribution < 1.29 is 9.53 Å². The summed E-state index contributed by atoms with van der Waals surface area (Å²) in [7, 11) is 0. The van der Waals surface area contributed by atoms with Crippen molar-refractivity contribution in [1.29, 1.82) is 0 Å². The van der Waals surface area contributed by atoms with Gasteiger partial charge in [-0.3, -0.25) is 4.79 Å². The standard InChI is InChI=1S/C18H30N2O2/c1-5-7-18(21)20-16-9-8-14(12-17(16)22-6-2)11-15(19)10-13(3)4/h8-9,12-13,15H,5-7,10-11,19H2,1-4H3,(H,20,21). The molecule has 0 aromatic heterocycles. The van der Waals surface area contributed by atoms with Crippen LogP contribution >= 0.6 is 0 Å². The van der Waals surface area contributed by atoms with Crippen LogP contribution in [0.25, 0.3) is 0 Å². The van der Waals surface area contributed by atoms with Crippen molar-refractivity contribution in [3.8, 4) is 5.75 Å². The third-order valence-corrected chi connectivity index (χ3v) is 3.37. The molecule has 0 aliphatic carbocycles. The van der Waals surface area contributed by atoms with Gasteiger partial charge in [-0.05, 0) is 49.8 Å². The van der Waals surface area contributed by atoms with E-state index in [1.165, 1.54) is 0 Å². The number of carbonyl (C=O) groups is 1. The maximum Gasteiger partial charge on any atom is 0.224 e. The average molecular weight is 306 g/mol. The molecule has 124 valence electrons. The van der Waals surface area contributed by atoms with Crippen LogP contribution in [0.15, 0.2) is 18.2 Å². The highest BCUT2D eigenvalue weighted by Gasteiger charge is 2.11. The molecule has 1 aromatic carbocycles. The van der Waals surface area contributed by atoms with Gasteiger partial charge >= 0.3 is 0 Å². The molecule has 4 nitrogen and oxygen atoms in total. The number of nitrogens with one attached hydrogen (secondary N) is 1. The molecular formula is C18H30N2O2. The maximum atomic E-state index is 11.8. The molecule has 0 aliphatic heterocycles. The van der Waals surface area contributed by atoms with Gasteiger partial charge in [-0.25, -0.2) is 0 Å². The Morgan fingerprint density at radius 3 is 2.64 bits per heavy atom. The number of hydrogen-bond donors (Lipinski definition) is 2. The van der Waals surface area contributed by atoms with Crippen molar-refractivity contribution in [2.45, 2.75) is 59.4 Å². The van der Waals surface area contributed by atoms with Crippen LogP contribution in [0.3, 0.4) is 0 Å². The summed E-state index contributed by atoms with van der Waals surface area (Å²) >= 11 is 0. The molecular weight excluding hydrogens is 276 g/mol. The molecule has 1 amide bonds. The van der Waals surface area contributed by atoms with Gasteiger partial charge in [0.2, 0.25) is 5.91 Å². The molecule has 4 heteroatoms. The summed E-state index contributed by atoms with van der Waals surface area (Å²) in [6.07, 6.45) is 3.17. The third-order valence-electron chi connectivity index (χ3n) is 3.37. The summed E-state index contributed by atoms with van der Waals surface area (Å²) < 4.78 is 5.66. The number of benzene rings is 1. The van der Waals surface area contributed by atoms with Crippen molar-refractivity contribution >= 4 is 11.6 Å². The van der Waals surface area contributed by atoms with Crippen LogP contribution in [-0.4, -0.2) is 18.6 Å². The van der Waals surface area contributed by atoms with Crippen molar-refractivity contribution in [1.82, 2.24) is 0 Å². The summed E-state index contributed by atoms with van der Waals surface area (Å²) in [6, 6.07) is 6.07. The Balaban J connectivity index is 2.82. The Kier molecular flexibility index (Phi) is 7.96. The molecule has 1 aromatic rings. The first kappa shape index (κ1) is 18.5. The van der Waals surface area contributed by atoms with E-state index >= 15 is 0 Å². The van der Waals surface area contributed by atoms with Gasteiger partial charge < -0.3 is 15.8 Å². The van der Waals surface area contributed by atoms with Gasteiger partial charge in [0.1, 0.15) is 5.75 Å². The molecule has 0 saturated heterocycles. The largest absolute Gasteiger partial charge is 0.492 e. The summed E-state index contributed by atoms with van der Waals surface area (Å²) in [5.41, 5.74) is 8.06. The molecule has 0 saturated carbocycles. The molecule has 0 radical (unpaired) electrons. The first-order valence-corrected chi connectivity index (χ1v) is 8.27. The van der Waals surface area contributed by atoms with Crippen LogP contribution in [0.1, 0.15) is 52.5 Å². The number of hydrogen-bond acceptors (Lipinski definition) is 3. The first-order valence-electron chi connectivity index (χ1n) is 8.27. The molecule has 1 rings (SSSR count). The zero-order chi connectivity index (χ0) is 16.5. The average Bonchev–Trinajstić information content (AvgIpc) is 2.41. The van der Waals surface area contributed by atoms with Gasteiger partial charge in [0.15, 0.2) is 0 Å². The summed E-state index contributed by atoms with van der Waals surface area (Å²) in [5, 5.41) is 2.91. The molecule has 22 heavy (non-hydrogen) atoms. The SMILES string of the molecule is CCCC(=O)Nc1ccc(CC(N)CC(C)C)cc1OCC. The fourth-order valence-corrected chi connectivity index (χ4v) is 2.50. The van der Waals surface area contributed by atoms with Gasteiger partial charge in [-0.15, -0.1) is 0 Å². The predicted molar refractivity (Wildman–Crippen MR) is 92.3 cm³/mol. The van der Waals surface area contributed by atoms with E-state index in [0.29, 0.717) is 18.9 Å². The van der Waals surface area contributed by atoms with Crippen LogP contribution in [0.2, 0.25) is 0 Å². The lowest BCUT2D eigenvalue weighted by Crippen LogP contribution is -2.24. The van der Waals surface area contributed by atoms with Gasteiger partial charge in [0.05, 0.1) is 12.3 Å². The second-order valence-corrected chi connectivity index (χ2v) is 6.16.